The van der Waals surface area contributed by atoms with E-state index < -0.39 is 5.91 Å². The Kier molecular flexibility index (Phi) is 3.97. The number of carbonyl (C=O) groups is 2. The van der Waals surface area contributed by atoms with E-state index in [4.69, 9.17) is 10.5 Å². The minimum Gasteiger partial charge on any atom is -0.378 e. The van der Waals surface area contributed by atoms with Crippen molar-refractivity contribution in [3.8, 4) is 0 Å². The number of hydrogen-bond acceptors (Lipinski definition) is 3. The van der Waals surface area contributed by atoms with Gasteiger partial charge in [0.2, 0.25) is 5.91 Å². The van der Waals surface area contributed by atoms with Gasteiger partial charge in [0.15, 0.2) is 0 Å². The fourth-order valence-electron chi connectivity index (χ4n) is 3.21. The number of nitrogens with zero attached hydrogens (tertiary/aromatic N) is 1. The Bertz CT molecular complexity index is 1010. The number of nitrogens with two attached hydrogens (primary N) is 1. The van der Waals surface area contributed by atoms with Gasteiger partial charge < -0.3 is 20.4 Å². The quantitative estimate of drug-likeness (QED) is 0.691. The first-order valence-electron chi connectivity index (χ1n) is 7.96. The third-order valence-corrected chi connectivity index (χ3v) is 5.10. The lowest BCUT2D eigenvalue weighted by Gasteiger charge is -2.26. The van der Waals surface area contributed by atoms with E-state index >= 15 is 0 Å². The summed E-state index contributed by atoms with van der Waals surface area (Å²) in [6.07, 6.45) is 0. The molecule has 3 N–H and O–H groups in total. The SMILES string of the molecule is NC(=O)c1cc(Br)c2c(c1)[nH]c1cc(C(=O)N3CCOCC3)ccc12. The van der Waals surface area contributed by atoms with Gasteiger partial charge >= 0.3 is 0 Å². The van der Waals surface area contributed by atoms with Crippen LogP contribution in [0.15, 0.2) is 34.8 Å². The Balaban J connectivity index is 1.80. The van der Waals surface area contributed by atoms with E-state index in [9.17, 15) is 9.59 Å². The molecule has 7 heteroatoms. The zero-order valence-electron chi connectivity index (χ0n) is 13.3. The topological polar surface area (TPSA) is 88.4 Å². The van der Waals surface area contributed by atoms with E-state index in [1.165, 1.54) is 0 Å². The first kappa shape index (κ1) is 16.1. The van der Waals surface area contributed by atoms with E-state index in [2.05, 4.69) is 20.9 Å². The Morgan fingerprint density at radius 3 is 2.52 bits per heavy atom. The molecule has 4 rings (SSSR count). The monoisotopic (exact) mass is 401 g/mol. The number of amides is 2. The van der Waals surface area contributed by atoms with E-state index in [-0.39, 0.29) is 5.91 Å². The zero-order valence-corrected chi connectivity index (χ0v) is 14.9. The zero-order chi connectivity index (χ0) is 17.6. The number of aromatic nitrogens is 1. The smallest absolute Gasteiger partial charge is 0.254 e. The van der Waals surface area contributed by atoms with E-state index in [1.54, 1.807) is 17.0 Å². The van der Waals surface area contributed by atoms with Crippen LogP contribution in [0, 0.1) is 0 Å². The molecule has 2 amide bonds. The number of primary amides is 1. The first-order valence-corrected chi connectivity index (χ1v) is 8.76. The molecule has 0 bridgehead atoms. The summed E-state index contributed by atoms with van der Waals surface area (Å²) in [5.41, 5.74) is 8.08. The Labute approximate surface area is 152 Å². The molecule has 0 unspecified atom stereocenters. The minimum atomic E-state index is -0.482. The Hall–Kier alpha value is -2.38. The summed E-state index contributed by atoms with van der Waals surface area (Å²) in [4.78, 5) is 29.2. The van der Waals surface area contributed by atoms with E-state index in [0.717, 1.165) is 26.3 Å². The van der Waals surface area contributed by atoms with Crippen LogP contribution in [0.2, 0.25) is 0 Å². The minimum absolute atomic E-state index is 0.000691. The average Bonchev–Trinajstić information content (AvgIpc) is 2.99. The van der Waals surface area contributed by atoms with Crippen molar-refractivity contribution < 1.29 is 14.3 Å². The van der Waals surface area contributed by atoms with Crippen molar-refractivity contribution in [2.75, 3.05) is 26.3 Å². The van der Waals surface area contributed by atoms with Gasteiger partial charge in [-0.05, 0) is 24.3 Å². The standard InChI is InChI=1S/C18H16BrN3O3/c19-13-7-11(17(20)23)9-15-16(13)12-2-1-10(8-14(12)21-15)18(24)22-3-5-25-6-4-22/h1-2,7-9,21H,3-6H2,(H2,20,23). The summed E-state index contributed by atoms with van der Waals surface area (Å²) in [5.74, 6) is -0.481. The van der Waals surface area contributed by atoms with Gasteiger partial charge in [-0.2, -0.15) is 0 Å². The molecule has 128 valence electrons. The molecule has 0 aliphatic carbocycles. The summed E-state index contributed by atoms with van der Waals surface area (Å²) in [6, 6.07) is 9.05. The second kappa shape index (κ2) is 6.16. The van der Waals surface area contributed by atoms with Crippen molar-refractivity contribution in [2.24, 2.45) is 5.73 Å². The molecule has 6 nitrogen and oxygen atoms in total. The lowest BCUT2D eigenvalue weighted by atomic mass is 10.1. The molecule has 1 saturated heterocycles. The highest BCUT2D eigenvalue weighted by Crippen LogP contribution is 2.33. The summed E-state index contributed by atoms with van der Waals surface area (Å²) >= 11 is 3.51. The van der Waals surface area contributed by atoms with Crippen LogP contribution < -0.4 is 5.73 Å². The van der Waals surface area contributed by atoms with Gasteiger partial charge in [-0.15, -0.1) is 0 Å². The molecule has 1 fully saturated rings. The predicted molar refractivity (Wildman–Crippen MR) is 98.7 cm³/mol. The van der Waals surface area contributed by atoms with E-state index in [1.807, 2.05) is 18.2 Å². The van der Waals surface area contributed by atoms with Gasteiger partial charge in [-0.1, -0.05) is 22.0 Å². The molecule has 1 aliphatic heterocycles. The number of morpholine rings is 1. The lowest BCUT2D eigenvalue weighted by molar-refractivity contribution is 0.0303. The molecule has 1 aromatic heterocycles. The maximum Gasteiger partial charge on any atom is 0.254 e. The van der Waals surface area contributed by atoms with Crippen LogP contribution in [0.4, 0.5) is 0 Å². The van der Waals surface area contributed by atoms with Crippen LogP contribution in [0.1, 0.15) is 20.7 Å². The van der Waals surface area contributed by atoms with Gasteiger partial charge in [-0.25, -0.2) is 0 Å². The van der Waals surface area contributed by atoms with Crippen molar-refractivity contribution in [3.63, 3.8) is 0 Å². The summed E-state index contributed by atoms with van der Waals surface area (Å²) < 4.78 is 6.09. The van der Waals surface area contributed by atoms with Crippen molar-refractivity contribution in [3.05, 3.63) is 45.9 Å². The Morgan fingerprint density at radius 1 is 1.08 bits per heavy atom. The van der Waals surface area contributed by atoms with Crippen molar-refractivity contribution >= 4 is 49.6 Å². The molecule has 3 aromatic rings. The van der Waals surface area contributed by atoms with Crippen LogP contribution in [0.3, 0.4) is 0 Å². The van der Waals surface area contributed by atoms with Crippen LogP contribution >= 0.6 is 15.9 Å². The number of hydrogen-bond donors (Lipinski definition) is 2. The highest BCUT2D eigenvalue weighted by molar-refractivity contribution is 9.10. The number of H-pyrrole nitrogens is 1. The van der Waals surface area contributed by atoms with Crippen LogP contribution in [-0.4, -0.2) is 48.0 Å². The normalized spacial score (nSPS) is 15.0. The predicted octanol–water partition coefficient (Wildman–Crippen LogP) is 2.65. The fourth-order valence-corrected chi connectivity index (χ4v) is 3.89. The highest BCUT2D eigenvalue weighted by atomic mass is 79.9. The third kappa shape index (κ3) is 2.79. The van der Waals surface area contributed by atoms with E-state index in [0.29, 0.717) is 37.4 Å². The third-order valence-electron chi connectivity index (χ3n) is 4.48. The molecule has 0 saturated carbocycles. The van der Waals surface area contributed by atoms with Gasteiger partial charge in [0.25, 0.3) is 5.91 Å². The highest BCUT2D eigenvalue weighted by Gasteiger charge is 2.19. The number of halogens is 1. The van der Waals surface area contributed by atoms with Crippen molar-refractivity contribution in [1.29, 1.82) is 0 Å². The van der Waals surface area contributed by atoms with Crippen molar-refractivity contribution in [1.82, 2.24) is 9.88 Å². The molecule has 0 spiro atoms. The van der Waals surface area contributed by atoms with Gasteiger partial charge in [-0.3, -0.25) is 9.59 Å². The second-order valence-corrected chi connectivity index (χ2v) is 6.89. The largest absolute Gasteiger partial charge is 0.378 e. The Morgan fingerprint density at radius 2 is 1.80 bits per heavy atom. The molecule has 0 atom stereocenters. The number of ether oxygens (including phenoxy) is 1. The maximum atomic E-state index is 12.7. The van der Waals surface area contributed by atoms with Gasteiger partial charge in [0.1, 0.15) is 0 Å². The maximum absolute atomic E-state index is 12.7. The number of rotatable bonds is 2. The number of carbonyl (C=O) groups excluding carboxylic acids is 2. The molecule has 2 heterocycles. The fraction of sp³-hybridized carbons (Fsp3) is 0.222. The van der Waals surface area contributed by atoms with Crippen molar-refractivity contribution in [2.45, 2.75) is 0 Å². The van der Waals surface area contributed by atoms with Gasteiger partial charge in [0, 0.05) is 50.5 Å². The van der Waals surface area contributed by atoms with Crippen LogP contribution in [-0.2, 0) is 4.74 Å². The second-order valence-electron chi connectivity index (χ2n) is 6.03. The lowest BCUT2D eigenvalue weighted by Crippen LogP contribution is -2.40. The molecule has 25 heavy (non-hydrogen) atoms. The van der Waals surface area contributed by atoms with Crippen LogP contribution in [0.25, 0.3) is 21.8 Å². The molecular formula is C18H16BrN3O3. The summed E-state index contributed by atoms with van der Waals surface area (Å²) in [7, 11) is 0. The molecule has 1 aliphatic rings. The number of aromatic amines is 1. The number of nitrogens with one attached hydrogen (secondary N) is 1. The molecule has 2 aromatic carbocycles. The molecule has 0 radical (unpaired) electrons. The molecular weight excluding hydrogens is 386 g/mol. The first-order chi connectivity index (χ1) is 12.0. The van der Waals surface area contributed by atoms with Gasteiger partial charge in [0.05, 0.1) is 13.2 Å². The average molecular weight is 402 g/mol. The summed E-state index contributed by atoms with van der Waals surface area (Å²) in [6.45, 7) is 2.36. The number of fused-ring (bicyclic) bond motifs is 3. The number of benzene rings is 2. The van der Waals surface area contributed by atoms with Crippen LogP contribution in [0.5, 0.6) is 0 Å². The summed E-state index contributed by atoms with van der Waals surface area (Å²) in [5, 5.41) is 1.95.